The van der Waals surface area contributed by atoms with E-state index in [1.165, 1.54) is 18.2 Å². The number of halogens is 3. The molecule has 92 valence electrons. The van der Waals surface area contributed by atoms with Crippen LogP contribution in [0.4, 0.5) is 14.6 Å². The molecular formula is C8H11ClF2N2O2S. The lowest BCUT2D eigenvalue weighted by Gasteiger charge is -2.12. The van der Waals surface area contributed by atoms with Crippen LogP contribution in [0.5, 0.6) is 0 Å². The van der Waals surface area contributed by atoms with Crippen molar-refractivity contribution in [3.8, 4) is 0 Å². The van der Waals surface area contributed by atoms with E-state index in [-0.39, 0.29) is 24.6 Å². The second kappa shape index (κ2) is 5.97. The Morgan fingerprint density at radius 1 is 1.38 bits per heavy atom. The fourth-order valence-electron chi connectivity index (χ4n) is 0.996. The van der Waals surface area contributed by atoms with Crippen LogP contribution < -0.4 is 10.3 Å². The Morgan fingerprint density at radius 3 is 2.50 bits per heavy atom. The van der Waals surface area contributed by atoms with Gasteiger partial charge in [-0.2, -0.15) is 0 Å². The molecule has 0 aliphatic rings. The van der Waals surface area contributed by atoms with E-state index < -0.39 is 20.6 Å². The van der Waals surface area contributed by atoms with E-state index in [4.69, 9.17) is 5.73 Å². The maximum absolute atomic E-state index is 13.2. The lowest BCUT2D eigenvalue weighted by molar-refractivity contribution is 0.472. The molecule has 0 atom stereocenters. The maximum Gasteiger partial charge on any atom is 0.290 e. The van der Waals surface area contributed by atoms with Gasteiger partial charge in [0.15, 0.2) is 0 Å². The summed E-state index contributed by atoms with van der Waals surface area (Å²) in [5.74, 6) is 0. The van der Waals surface area contributed by atoms with Crippen LogP contribution >= 0.6 is 12.4 Å². The van der Waals surface area contributed by atoms with Crippen molar-refractivity contribution in [1.82, 2.24) is 0 Å². The molecule has 0 amide bonds. The zero-order valence-electron chi connectivity index (χ0n) is 8.14. The minimum absolute atomic E-state index is 0. The zero-order chi connectivity index (χ0) is 11.5. The van der Waals surface area contributed by atoms with Gasteiger partial charge in [-0.05, 0) is 17.7 Å². The highest BCUT2D eigenvalue weighted by Crippen LogP contribution is 2.20. The van der Waals surface area contributed by atoms with Gasteiger partial charge in [0.25, 0.3) is 10.0 Å². The largest absolute Gasteiger partial charge is 0.326 e. The molecule has 0 spiro atoms. The van der Waals surface area contributed by atoms with Gasteiger partial charge >= 0.3 is 0 Å². The standard InChI is InChI=1S/C8H10F2N2O2S.ClH/c9-6-15(13,14)12(10)8-3-1-2-7(4-8)5-11;/h1-4H,5-6,11H2;1H. The van der Waals surface area contributed by atoms with Crippen LogP contribution in [0.1, 0.15) is 5.56 Å². The number of nitrogens with zero attached hydrogens (tertiary/aromatic N) is 1. The molecule has 8 heteroatoms. The van der Waals surface area contributed by atoms with Crippen molar-refractivity contribution in [2.45, 2.75) is 6.54 Å². The maximum atomic E-state index is 13.2. The molecule has 0 aromatic heterocycles. The van der Waals surface area contributed by atoms with E-state index >= 15 is 0 Å². The predicted molar refractivity (Wildman–Crippen MR) is 60.1 cm³/mol. The molecular weight excluding hydrogens is 262 g/mol. The summed E-state index contributed by atoms with van der Waals surface area (Å²) in [5.41, 5.74) is 5.60. The molecule has 0 saturated heterocycles. The molecule has 2 N–H and O–H groups in total. The highest BCUT2D eigenvalue weighted by Gasteiger charge is 2.22. The lowest BCUT2D eigenvalue weighted by atomic mass is 10.2. The van der Waals surface area contributed by atoms with Crippen molar-refractivity contribution in [1.29, 1.82) is 0 Å². The van der Waals surface area contributed by atoms with E-state index in [2.05, 4.69) is 0 Å². The lowest BCUT2D eigenvalue weighted by Crippen LogP contribution is -2.23. The van der Waals surface area contributed by atoms with Crippen LogP contribution in [0.15, 0.2) is 24.3 Å². The van der Waals surface area contributed by atoms with Gasteiger partial charge in [-0.25, -0.2) is 12.8 Å². The Labute approximate surface area is 98.4 Å². The minimum atomic E-state index is -4.52. The average Bonchev–Trinajstić information content (AvgIpc) is 2.28. The Bertz CT molecular complexity index is 441. The number of rotatable bonds is 4. The Morgan fingerprint density at radius 2 is 2.00 bits per heavy atom. The Kier molecular flexibility index (Phi) is 5.63. The smallest absolute Gasteiger partial charge is 0.290 e. The van der Waals surface area contributed by atoms with Gasteiger partial charge < -0.3 is 5.73 Å². The van der Waals surface area contributed by atoms with Crippen LogP contribution in [0.3, 0.4) is 0 Å². The van der Waals surface area contributed by atoms with E-state index in [0.717, 1.165) is 0 Å². The number of benzene rings is 1. The summed E-state index contributed by atoms with van der Waals surface area (Å²) in [7, 11) is -4.52. The first kappa shape index (κ1) is 15.1. The molecule has 0 radical (unpaired) electrons. The quantitative estimate of drug-likeness (QED) is 0.845. The van der Waals surface area contributed by atoms with Gasteiger partial charge in [-0.15, -0.1) is 12.4 Å². The van der Waals surface area contributed by atoms with Gasteiger partial charge in [0.05, 0.1) is 5.69 Å². The molecule has 1 aromatic carbocycles. The fourth-order valence-corrected chi connectivity index (χ4v) is 1.52. The summed E-state index contributed by atoms with van der Waals surface area (Å²) in [5, 5.41) is 0. The number of hydrogen-bond donors (Lipinski definition) is 1. The van der Waals surface area contributed by atoms with Crippen molar-refractivity contribution in [3.05, 3.63) is 29.8 Å². The van der Waals surface area contributed by atoms with Crippen molar-refractivity contribution in [3.63, 3.8) is 0 Å². The summed E-state index contributed by atoms with van der Waals surface area (Å²) in [6.07, 6.45) is 0. The van der Waals surface area contributed by atoms with E-state index in [9.17, 15) is 17.3 Å². The minimum Gasteiger partial charge on any atom is -0.326 e. The summed E-state index contributed by atoms with van der Waals surface area (Å²) in [6.45, 7) is 0.150. The van der Waals surface area contributed by atoms with Crippen LogP contribution in [-0.4, -0.2) is 14.4 Å². The SMILES string of the molecule is Cl.NCc1cccc(N(F)S(=O)(=O)CF)c1. The highest BCUT2D eigenvalue weighted by atomic mass is 35.5. The van der Waals surface area contributed by atoms with Crippen LogP contribution in [0.2, 0.25) is 0 Å². The van der Waals surface area contributed by atoms with Gasteiger partial charge in [0, 0.05) is 6.54 Å². The summed E-state index contributed by atoms with van der Waals surface area (Å²) >= 11 is 0. The van der Waals surface area contributed by atoms with Crippen molar-refractivity contribution in [2.75, 3.05) is 10.5 Å². The first-order valence-electron chi connectivity index (χ1n) is 4.05. The monoisotopic (exact) mass is 272 g/mol. The first-order valence-corrected chi connectivity index (χ1v) is 5.66. The van der Waals surface area contributed by atoms with Gasteiger partial charge in [-0.1, -0.05) is 21.1 Å². The second-order valence-electron chi connectivity index (χ2n) is 2.81. The predicted octanol–water partition coefficient (Wildman–Crippen LogP) is 1.51. The van der Waals surface area contributed by atoms with Gasteiger partial charge in [0.2, 0.25) is 6.01 Å². The van der Waals surface area contributed by atoms with E-state index in [1.807, 2.05) is 0 Å². The molecule has 0 saturated carbocycles. The van der Waals surface area contributed by atoms with Gasteiger partial charge in [0.1, 0.15) is 0 Å². The highest BCUT2D eigenvalue weighted by molar-refractivity contribution is 7.92. The molecule has 1 rings (SSSR count). The third kappa shape index (κ3) is 3.29. The molecule has 0 bridgehead atoms. The van der Waals surface area contributed by atoms with E-state index in [0.29, 0.717) is 5.56 Å². The number of hydrogen-bond acceptors (Lipinski definition) is 3. The summed E-state index contributed by atoms with van der Waals surface area (Å²) in [4.78, 5) is 0. The Hall–Kier alpha value is -0.920. The average molecular weight is 273 g/mol. The van der Waals surface area contributed by atoms with Crippen LogP contribution in [0.25, 0.3) is 0 Å². The Balaban J connectivity index is 0.00000225. The second-order valence-corrected chi connectivity index (χ2v) is 4.51. The van der Waals surface area contributed by atoms with Crippen LogP contribution in [-0.2, 0) is 16.6 Å². The van der Waals surface area contributed by atoms with Gasteiger partial charge in [-0.3, -0.25) is 0 Å². The summed E-state index contributed by atoms with van der Waals surface area (Å²) in [6, 6.07) is 3.73. The third-order valence-electron chi connectivity index (χ3n) is 1.73. The number of sulfonamides is 1. The molecule has 4 nitrogen and oxygen atoms in total. The first-order chi connectivity index (χ1) is 7.01. The van der Waals surface area contributed by atoms with Crippen molar-refractivity contribution >= 4 is 28.1 Å². The molecule has 0 aliphatic carbocycles. The molecule has 0 aliphatic heterocycles. The molecule has 1 aromatic rings. The zero-order valence-corrected chi connectivity index (χ0v) is 9.77. The van der Waals surface area contributed by atoms with E-state index in [1.54, 1.807) is 6.07 Å². The molecule has 16 heavy (non-hydrogen) atoms. The summed E-state index contributed by atoms with van der Waals surface area (Å²) < 4.78 is 46.3. The number of anilines is 1. The molecule has 0 unspecified atom stereocenters. The molecule has 0 heterocycles. The topological polar surface area (TPSA) is 63.4 Å². The molecule has 0 fully saturated rings. The normalized spacial score (nSPS) is 10.7. The third-order valence-corrected chi connectivity index (χ3v) is 2.71. The van der Waals surface area contributed by atoms with Crippen molar-refractivity contribution < 1.29 is 17.3 Å². The fraction of sp³-hybridized carbons (Fsp3) is 0.250. The van der Waals surface area contributed by atoms with Crippen LogP contribution in [0, 0.1) is 0 Å². The van der Waals surface area contributed by atoms with Crippen molar-refractivity contribution in [2.24, 2.45) is 5.73 Å². The number of alkyl halides is 1. The number of nitrogens with two attached hydrogens (primary N) is 1.